The third kappa shape index (κ3) is 4.49. The van der Waals surface area contributed by atoms with E-state index in [0.29, 0.717) is 29.3 Å². The number of nitrogens with one attached hydrogen (secondary N) is 1. The van der Waals surface area contributed by atoms with Crippen molar-refractivity contribution in [3.63, 3.8) is 0 Å². The molecule has 1 aliphatic heterocycles. The molecule has 1 saturated heterocycles. The Morgan fingerprint density at radius 3 is 2.57 bits per heavy atom. The first kappa shape index (κ1) is 21.2. The molecule has 1 amide bonds. The van der Waals surface area contributed by atoms with Gasteiger partial charge in [-0.3, -0.25) is 4.79 Å². The number of carbonyl (C=O) groups excluding carboxylic acids is 1. The summed E-state index contributed by atoms with van der Waals surface area (Å²) in [5.41, 5.74) is 1.12. The second-order valence-electron chi connectivity index (χ2n) is 7.21. The largest absolute Gasteiger partial charge is 0.321 e. The molecule has 1 N–H and O–H groups in total. The molecule has 0 spiro atoms. The molecule has 0 saturated carbocycles. The molecule has 0 unspecified atom stereocenters. The van der Waals surface area contributed by atoms with E-state index in [1.54, 1.807) is 33.8 Å². The van der Waals surface area contributed by atoms with Crippen LogP contribution < -0.4 is 5.32 Å². The number of amides is 1. The lowest BCUT2D eigenvalue weighted by Crippen LogP contribution is -2.32. The second-order valence-corrected chi connectivity index (χ2v) is 11.1. The van der Waals surface area contributed by atoms with Gasteiger partial charge in [-0.1, -0.05) is 25.0 Å². The number of benzene rings is 1. The highest BCUT2D eigenvalue weighted by atomic mass is 32.2. The first-order valence-electron chi connectivity index (χ1n) is 9.88. The minimum absolute atomic E-state index is 0.211. The summed E-state index contributed by atoms with van der Waals surface area (Å²) in [5, 5.41) is 5.62. The highest BCUT2D eigenvalue weighted by molar-refractivity contribution is 7.89. The Labute approximate surface area is 184 Å². The highest BCUT2D eigenvalue weighted by Gasteiger charge is 2.25. The zero-order valence-electron chi connectivity index (χ0n) is 16.6. The van der Waals surface area contributed by atoms with Crippen LogP contribution in [0.2, 0.25) is 0 Å². The zero-order valence-corrected chi connectivity index (χ0v) is 19.1. The van der Waals surface area contributed by atoms with Gasteiger partial charge in [-0.2, -0.15) is 4.31 Å². The predicted molar refractivity (Wildman–Crippen MR) is 122 cm³/mol. The molecule has 0 aliphatic carbocycles. The van der Waals surface area contributed by atoms with Gasteiger partial charge in [0, 0.05) is 18.8 Å². The van der Waals surface area contributed by atoms with Gasteiger partial charge >= 0.3 is 0 Å². The van der Waals surface area contributed by atoms with Gasteiger partial charge in [-0.05, 0) is 49.4 Å². The van der Waals surface area contributed by atoms with Crippen LogP contribution in [0.1, 0.15) is 41.0 Å². The molecule has 3 aromatic rings. The molecule has 6 nitrogen and oxygen atoms in total. The molecule has 0 radical (unpaired) electrons. The number of anilines is 1. The molecule has 4 rings (SSSR count). The quantitative estimate of drug-likeness (QED) is 0.580. The van der Waals surface area contributed by atoms with Crippen LogP contribution in [-0.2, 0) is 10.0 Å². The fourth-order valence-electron chi connectivity index (χ4n) is 3.47. The summed E-state index contributed by atoms with van der Waals surface area (Å²) in [6, 6.07) is 10.4. The average Bonchev–Trinajstić information content (AvgIpc) is 3.30. The summed E-state index contributed by atoms with van der Waals surface area (Å²) in [4.78, 5) is 19.1. The highest BCUT2D eigenvalue weighted by Crippen LogP contribution is 2.31. The molecule has 0 atom stereocenters. The number of aryl methyl sites for hydroxylation is 1. The lowest BCUT2D eigenvalue weighted by molar-refractivity contribution is 0.102. The third-order valence-electron chi connectivity index (χ3n) is 5.03. The van der Waals surface area contributed by atoms with Gasteiger partial charge in [0.2, 0.25) is 10.0 Å². The molecular weight excluding hydrogens is 438 g/mol. The topological polar surface area (TPSA) is 79.4 Å². The zero-order chi connectivity index (χ0) is 21.1. The van der Waals surface area contributed by atoms with E-state index in [1.165, 1.54) is 17.4 Å². The fraction of sp³-hybridized carbons (Fsp3) is 0.333. The van der Waals surface area contributed by atoms with Crippen molar-refractivity contribution >= 4 is 44.3 Å². The Hall–Kier alpha value is -2.07. The van der Waals surface area contributed by atoms with Crippen LogP contribution in [0.4, 0.5) is 5.69 Å². The van der Waals surface area contributed by atoms with E-state index in [4.69, 9.17) is 0 Å². The Bertz CT molecular complexity index is 1130. The van der Waals surface area contributed by atoms with Gasteiger partial charge < -0.3 is 5.32 Å². The van der Waals surface area contributed by atoms with Crippen molar-refractivity contribution in [3.05, 3.63) is 52.3 Å². The number of rotatable bonds is 5. The SMILES string of the molecule is Cc1nc(-c2cccs2)sc1C(=O)Nc1cccc(S(=O)(=O)N2CCCCCC2)c1. The summed E-state index contributed by atoms with van der Waals surface area (Å²) in [6.07, 6.45) is 3.88. The number of thiazole rings is 1. The summed E-state index contributed by atoms with van der Waals surface area (Å²) < 4.78 is 27.6. The number of nitrogens with zero attached hydrogens (tertiary/aromatic N) is 2. The van der Waals surface area contributed by atoms with E-state index in [2.05, 4.69) is 10.3 Å². The van der Waals surface area contributed by atoms with Crippen molar-refractivity contribution < 1.29 is 13.2 Å². The number of carbonyl (C=O) groups is 1. The lowest BCUT2D eigenvalue weighted by atomic mass is 10.2. The van der Waals surface area contributed by atoms with E-state index in [0.717, 1.165) is 35.6 Å². The molecule has 2 aromatic heterocycles. The van der Waals surface area contributed by atoms with Crippen molar-refractivity contribution in [2.75, 3.05) is 18.4 Å². The molecule has 158 valence electrons. The van der Waals surface area contributed by atoms with Crippen LogP contribution >= 0.6 is 22.7 Å². The number of aromatic nitrogens is 1. The summed E-state index contributed by atoms with van der Waals surface area (Å²) in [7, 11) is -3.57. The minimum atomic E-state index is -3.57. The minimum Gasteiger partial charge on any atom is -0.321 e. The molecule has 1 fully saturated rings. The molecule has 3 heterocycles. The van der Waals surface area contributed by atoms with Crippen LogP contribution in [0.15, 0.2) is 46.7 Å². The standard InChI is InChI=1S/C21H23N3O3S3/c1-15-19(29-21(22-15)18-10-7-13-28-18)20(25)23-16-8-6-9-17(14-16)30(26,27)24-11-4-2-3-5-12-24/h6-10,13-14H,2-5,11-12H2,1H3,(H,23,25). The molecule has 0 bridgehead atoms. The smallest absolute Gasteiger partial charge is 0.267 e. The molecule has 1 aromatic carbocycles. The summed E-state index contributed by atoms with van der Waals surface area (Å²) >= 11 is 2.92. The lowest BCUT2D eigenvalue weighted by Gasteiger charge is -2.20. The van der Waals surface area contributed by atoms with Crippen LogP contribution in [0.5, 0.6) is 0 Å². The maximum Gasteiger partial charge on any atom is 0.267 e. The molecular formula is C21H23N3O3S3. The van der Waals surface area contributed by atoms with Crippen molar-refractivity contribution in [2.24, 2.45) is 0 Å². The van der Waals surface area contributed by atoms with Gasteiger partial charge in [0.05, 0.1) is 15.5 Å². The first-order chi connectivity index (χ1) is 14.4. The number of thiophene rings is 1. The second kappa shape index (κ2) is 8.97. The van der Waals surface area contributed by atoms with E-state index in [-0.39, 0.29) is 10.8 Å². The summed E-state index contributed by atoms with van der Waals surface area (Å²) in [5.74, 6) is -0.280. The van der Waals surface area contributed by atoms with Crippen molar-refractivity contribution in [1.29, 1.82) is 0 Å². The van der Waals surface area contributed by atoms with E-state index >= 15 is 0 Å². The van der Waals surface area contributed by atoms with E-state index in [9.17, 15) is 13.2 Å². The maximum absolute atomic E-state index is 13.0. The van der Waals surface area contributed by atoms with E-state index in [1.807, 2.05) is 24.4 Å². The van der Waals surface area contributed by atoms with Gasteiger partial charge in [0.25, 0.3) is 5.91 Å². The molecule has 30 heavy (non-hydrogen) atoms. The van der Waals surface area contributed by atoms with E-state index < -0.39 is 10.0 Å². The monoisotopic (exact) mass is 461 g/mol. The van der Waals surface area contributed by atoms with Crippen LogP contribution in [0.3, 0.4) is 0 Å². The van der Waals surface area contributed by atoms with Gasteiger partial charge in [-0.25, -0.2) is 13.4 Å². The van der Waals surface area contributed by atoms with Crippen LogP contribution in [0.25, 0.3) is 9.88 Å². The first-order valence-corrected chi connectivity index (χ1v) is 13.0. The van der Waals surface area contributed by atoms with Crippen molar-refractivity contribution in [1.82, 2.24) is 9.29 Å². The maximum atomic E-state index is 13.0. The third-order valence-corrected chi connectivity index (χ3v) is 9.12. The van der Waals surface area contributed by atoms with Crippen molar-refractivity contribution in [3.8, 4) is 9.88 Å². The van der Waals surface area contributed by atoms with Crippen LogP contribution in [0, 0.1) is 6.92 Å². The number of hydrogen-bond donors (Lipinski definition) is 1. The number of hydrogen-bond acceptors (Lipinski definition) is 6. The van der Waals surface area contributed by atoms with Gasteiger partial charge in [-0.15, -0.1) is 22.7 Å². The Morgan fingerprint density at radius 2 is 1.87 bits per heavy atom. The summed E-state index contributed by atoms with van der Waals surface area (Å²) in [6.45, 7) is 2.90. The Kier molecular flexibility index (Phi) is 6.33. The molecule has 1 aliphatic rings. The van der Waals surface area contributed by atoms with Gasteiger partial charge in [0.1, 0.15) is 9.88 Å². The average molecular weight is 462 g/mol. The Morgan fingerprint density at radius 1 is 1.10 bits per heavy atom. The predicted octanol–water partition coefficient (Wildman–Crippen LogP) is 5.00. The normalized spacial score (nSPS) is 15.6. The Balaban J connectivity index is 1.54. The van der Waals surface area contributed by atoms with Crippen LogP contribution in [-0.4, -0.2) is 36.7 Å². The molecule has 9 heteroatoms. The number of sulfonamides is 1. The van der Waals surface area contributed by atoms with Crippen molar-refractivity contribution in [2.45, 2.75) is 37.5 Å². The fourth-order valence-corrected chi connectivity index (χ4v) is 6.79. The van der Waals surface area contributed by atoms with Gasteiger partial charge in [0.15, 0.2) is 0 Å².